The lowest BCUT2D eigenvalue weighted by molar-refractivity contribution is -0.0475. The van der Waals surface area contributed by atoms with Gasteiger partial charge in [0, 0.05) is 36.2 Å². The Bertz CT molecular complexity index is 762. The summed E-state index contributed by atoms with van der Waals surface area (Å²) < 4.78 is 0. The fourth-order valence-electron chi connectivity index (χ4n) is 4.20. The molecule has 0 heterocycles. The molecule has 0 bridgehead atoms. The van der Waals surface area contributed by atoms with Crippen molar-refractivity contribution in [1.82, 2.24) is 0 Å². The Morgan fingerprint density at radius 1 is 1.08 bits per heavy atom. The van der Waals surface area contributed by atoms with Crippen molar-refractivity contribution in [3.63, 3.8) is 0 Å². The molecule has 1 saturated carbocycles. The van der Waals surface area contributed by atoms with Crippen molar-refractivity contribution >= 4 is 28.9 Å². The van der Waals surface area contributed by atoms with Crippen LogP contribution in [0.25, 0.3) is 0 Å². The monoisotopic (exact) mass is 391 g/mol. The standard InChI is InChI=1S/C22H27Cl2NO/c1-25(2)21-9-4-3-7-16(21)13-18-8-5-6-12-22(18,26)15-17-10-11-19(23)14-20(17)24/h3-4,7,9-11,14,18,26H,5-6,8,12-13,15H2,1-2H3. The predicted molar refractivity (Wildman–Crippen MR) is 112 cm³/mol. The highest BCUT2D eigenvalue weighted by Gasteiger charge is 2.39. The molecule has 0 saturated heterocycles. The van der Waals surface area contributed by atoms with E-state index in [0.29, 0.717) is 16.5 Å². The molecular weight excluding hydrogens is 365 g/mol. The molecule has 1 fully saturated rings. The first-order valence-electron chi connectivity index (χ1n) is 9.30. The van der Waals surface area contributed by atoms with Gasteiger partial charge in [-0.2, -0.15) is 0 Å². The molecule has 0 amide bonds. The zero-order valence-corrected chi connectivity index (χ0v) is 17.0. The molecule has 2 aromatic carbocycles. The van der Waals surface area contributed by atoms with Crippen molar-refractivity contribution in [2.45, 2.75) is 44.1 Å². The van der Waals surface area contributed by atoms with Crippen LogP contribution in [0.3, 0.4) is 0 Å². The number of halogens is 2. The third-order valence-corrected chi connectivity index (χ3v) is 6.21. The van der Waals surface area contributed by atoms with Gasteiger partial charge in [-0.25, -0.2) is 0 Å². The van der Waals surface area contributed by atoms with Crippen molar-refractivity contribution in [2.24, 2.45) is 5.92 Å². The Labute approximate surface area is 166 Å². The minimum atomic E-state index is -0.727. The maximum absolute atomic E-state index is 11.6. The molecule has 1 aliphatic rings. The zero-order chi connectivity index (χ0) is 18.7. The number of anilines is 1. The van der Waals surface area contributed by atoms with Gasteiger partial charge in [-0.15, -0.1) is 0 Å². The van der Waals surface area contributed by atoms with Gasteiger partial charge in [0.25, 0.3) is 0 Å². The molecule has 3 rings (SSSR count). The van der Waals surface area contributed by atoms with E-state index in [9.17, 15) is 5.11 Å². The van der Waals surface area contributed by atoms with Crippen LogP contribution >= 0.6 is 23.2 Å². The van der Waals surface area contributed by atoms with E-state index in [4.69, 9.17) is 23.2 Å². The lowest BCUT2D eigenvalue weighted by atomic mass is 9.70. The second-order valence-corrected chi connectivity index (χ2v) is 8.53. The Kier molecular flexibility index (Phi) is 6.17. The van der Waals surface area contributed by atoms with E-state index in [1.54, 1.807) is 6.07 Å². The Morgan fingerprint density at radius 2 is 1.85 bits per heavy atom. The molecule has 2 aromatic rings. The number of rotatable bonds is 5. The van der Waals surface area contributed by atoms with E-state index >= 15 is 0 Å². The summed E-state index contributed by atoms with van der Waals surface area (Å²) in [5, 5.41) is 12.8. The lowest BCUT2D eigenvalue weighted by Crippen LogP contribution is -2.44. The number of hydrogen-bond acceptors (Lipinski definition) is 2. The van der Waals surface area contributed by atoms with E-state index in [0.717, 1.165) is 31.2 Å². The van der Waals surface area contributed by atoms with Gasteiger partial charge in [-0.3, -0.25) is 0 Å². The van der Waals surface area contributed by atoms with Crippen molar-refractivity contribution in [3.8, 4) is 0 Å². The molecular formula is C22H27Cl2NO. The van der Waals surface area contributed by atoms with Gasteiger partial charge in [-0.05, 0) is 54.5 Å². The summed E-state index contributed by atoms with van der Waals surface area (Å²) in [6.07, 6.45) is 5.57. The van der Waals surface area contributed by atoms with Crippen LogP contribution in [0.15, 0.2) is 42.5 Å². The maximum Gasteiger partial charge on any atom is 0.0719 e. The number of hydrogen-bond donors (Lipinski definition) is 1. The van der Waals surface area contributed by atoms with Crippen LogP contribution in [-0.4, -0.2) is 24.8 Å². The Morgan fingerprint density at radius 3 is 2.58 bits per heavy atom. The predicted octanol–water partition coefficient (Wildman–Crippen LogP) is 5.77. The van der Waals surface area contributed by atoms with E-state index in [-0.39, 0.29) is 5.92 Å². The third-order valence-electron chi connectivity index (χ3n) is 5.62. The molecule has 0 aliphatic heterocycles. The van der Waals surface area contributed by atoms with E-state index in [1.165, 1.54) is 17.7 Å². The summed E-state index contributed by atoms with van der Waals surface area (Å²) in [5.41, 5.74) is 2.77. The van der Waals surface area contributed by atoms with Crippen molar-refractivity contribution in [1.29, 1.82) is 0 Å². The second-order valence-electron chi connectivity index (χ2n) is 7.69. The summed E-state index contributed by atoms with van der Waals surface area (Å²) >= 11 is 12.4. The third kappa shape index (κ3) is 4.36. The quantitative estimate of drug-likeness (QED) is 0.699. The molecule has 4 heteroatoms. The van der Waals surface area contributed by atoms with Crippen LogP contribution in [0.4, 0.5) is 5.69 Å². The first-order chi connectivity index (χ1) is 12.4. The normalized spacial score (nSPS) is 23.0. The highest BCUT2D eigenvalue weighted by atomic mass is 35.5. The van der Waals surface area contributed by atoms with Gasteiger partial charge in [0.15, 0.2) is 0 Å². The largest absolute Gasteiger partial charge is 0.389 e. The van der Waals surface area contributed by atoms with Gasteiger partial charge in [0.05, 0.1) is 5.60 Å². The van der Waals surface area contributed by atoms with Crippen LogP contribution in [0.2, 0.25) is 10.0 Å². The zero-order valence-electron chi connectivity index (χ0n) is 15.5. The van der Waals surface area contributed by atoms with Crippen molar-refractivity contribution < 1.29 is 5.11 Å². The Hall–Kier alpha value is -1.22. The Balaban J connectivity index is 1.85. The number of aliphatic hydroxyl groups is 1. The molecule has 140 valence electrons. The molecule has 2 atom stereocenters. The second kappa shape index (κ2) is 8.21. The van der Waals surface area contributed by atoms with Crippen LogP contribution < -0.4 is 4.90 Å². The van der Waals surface area contributed by atoms with Crippen LogP contribution in [0.5, 0.6) is 0 Å². The minimum absolute atomic E-state index is 0.226. The number of benzene rings is 2. The molecule has 2 nitrogen and oxygen atoms in total. The number of nitrogens with zero attached hydrogens (tertiary/aromatic N) is 1. The molecule has 2 unspecified atom stereocenters. The van der Waals surface area contributed by atoms with Gasteiger partial charge in [0.1, 0.15) is 0 Å². The molecule has 1 N–H and O–H groups in total. The molecule has 0 aromatic heterocycles. The SMILES string of the molecule is CN(C)c1ccccc1CC1CCCCC1(O)Cc1ccc(Cl)cc1Cl. The van der Waals surface area contributed by atoms with Gasteiger partial charge >= 0.3 is 0 Å². The molecule has 1 aliphatic carbocycles. The molecule has 0 radical (unpaired) electrons. The summed E-state index contributed by atoms with van der Waals surface area (Å²) in [7, 11) is 4.14. The van der Waals surface area contributed by atoms with Crippen molar-refractivity contribution in [2.75, 3.05) is 19.0 Å². The van der Waals surface area contributed by atoms with Crippen molar-refractivity contribution in [3.05, 3.63) is 63.6 Å². The van der Waals surface area contributed by atoms with E-state index < -0.39 is 5.60 Å². The van der Waals surface area contributed by atoms with E-state index in [1.807, 2.05) is 12.1 Å². The fraction of sp³-hybridized carbons (Fsp3) is 0.455. The van der Waals surface area contributed by atoms with Gasteiger partial charge in [0.2, 0.25) is 0 Å². The van der Waals surface area contributed by atoms with Gasteiger partial charge in [-0.1, -0.05) is 60.3 Å². The average Bonchev–Trinajstić information content (AvgIpc) is 2.60. The van der Waals surface area contributed by atoms with Gasteiger partial charge < -0.3 is 10.0 Å². The van der Waals surface area contributed by atoms with E-state index in [2.05, 4.69) is 43.3 Å². The number of para-hydroxylation sites is 1. The fourth-order valence-corrected chi connectivity index (χ4v) is 4.67. The average molecular weight is 392 g/mol. The first-order valence-corrected chi connectivity index (χ1v) is 10.1. The summed E-state index contributed by atoms with van der Waals surface area (Å²) in [4.78, 5) is 2.15. The highest BCUT2D eigenvalue weighted by molar-refractivity contribution is 6.35. The summed E-state index contributed by atoms with van der Waals surface area (Å²) in [6, 6.07) is 14.0. The summed E-state index contributed by atoms with van der Waals surface area (Å²) in [6.45, 7) is 0. The highest BCUT2D eigenvalue weighted by Crippen LogP contribution is 2.40. The van der Waals surface area contributed by atoms with Crippen LogP contribution in [-0.2, 0) is 12.8 Å². The lowest BCUT2D eigenvalue weighted by Gasteiger charge is -2.41. The topological polar surface area (TPSA) is 23.5 Å². The first kappa shape index (κ1) is 19.5. The summed E-state index contributed by atoms with van der Waals surface area (Å²) in [5.74, 6) is 0.226. The maximum atomic E-state index is 11.6. The minimum Gasteiger partial charge on any atom is -0.389 e. The molecule has 0 spiro atoms. The molecule has 26 heavy (non-hydrogen) atoms. The van der Waals surface area contributed by atoms with Crippen LogP contribution in [0, 0.1) is 5.92 Å². The van der Waals surface area contributed by atoms with Crippen LogP contribution in [0.1, 0.15) is 36.8 Å². The smallest absolute Gasteiger partial charge is 0.0719 e.